The van der Waals surface area contributed by atoms with E-state index in [0.29, 0.717) is 30.4 Å². The second-order valence-corrected chi connectivity index (χ2v) is 6.40. The molecule has 1 unspecified atom stereocenters. The maximum Gasteiger partial charge on any atom is 0.276 e. The molecular weight excluding hydrogens is 330 g/mol. The molecule has 2 aromatic heterocycles. The molecule has 132 valence electrons. The highest BCUT2D eigenvalue weighted by Gasteiger charge is 2.30. The normalized spacial score (nSPS) is 16.7. The maximum atomic E-state index is 12.7. The SMILES string of the molecule is Cc1ccc(OC2CCN(C(=O)c3cc(-c4ccccc4)on3)C2)nc1. The lowest BCUT2D eigenvalue weighted by molar-refractivity contribution is 0.0761. The molecule has 26 heavy (non-hydrogen) atoms. The van der Waals surface area contributed by atoms with Gasteiger partial charge in [0, 0.05) is 36.9 Å². The number of amides is 1. The van der Waals surface area contributed by atoms with E-state index in [-0.39, 0.29) is 12.0 Å². The highest BCUT2D eigenvalue weighted by molar-refractivity contribution is 5.93. The highest BCUT2D eigenvalue weighted by atomic mass is 16.5. The van der Waals surface area contributed by atoms with Gasteiger partial charge < -0.3 is 14.2 Å². The Morgan fingerprint density at radius 1 is 1.23 bits per heavy atom. The van der Waals surface area contributed by atoms with Crippen molar-refractivity contribution in [3.8, 4) is 17.2 Å². The maximum absolute atomic E-state index is 12.7. The van der Waals surface area contributed by atoms with Crippen molar-refractivity contribution in [1.82, 2.24) is 15.0 Å². The Morgan fingerprint density at radius 2 is 2.08 bits per heavy atom. The fraction of sp³-hybridized carbons (Fsp3) is 0.250. The third kappa shape index (κ3) is 3.44. The van der Waals surface area contributed by atoms with Crippen molar-refractivity contribution in [2.24, 2.45) is 0 Å². The van der Waals surface area contributed by atoms with E-state index in [4.69, 9.17) is 9.26 Å². The van der Waals surface area contributed by atoms with E-state index in [0.717, 1.165) is 17.5 Å². The minimum absolute atomic E-state index is 0.0605. The average molecular weight is 349 g/mol. The van der Waals surface area contributed by atoms with Crippen LogP contribution in [0.4, 0.5) is 0 Å². The van der Waals surface area contributed by atoms with Crippen LogP contribution in [-0.2, 0) is 0 Å². The summed E-state index contributed by atoms with van der Waals surface area (Å²) in [7, 11) is 0. The topological polar surface area (TPSA) is 68.5 Å². The summed E-state index contributed by atoms with van der Waals surface area (Å²) in [5.74, 6) is 1.03. The van der Waals surface area contributed by atoms with Gasteiger partial charge in [0.05, 0.1) is 6.54 Å². The molecule has 1 aliphatic heterocycles. The summed E-state index contributed by atoms with van der Waals surface area (Å²) in [6, 6.07) is 15.1. The molecule has 1 amide bonds. The largest absolute Gasteiger partial charge is 0.472 e. The molecule has 1 saturated heterocycles. The summed E-state index contributed by atoms with van der Waals surface area (Å²) in [6.45, 7) is 3.12. The number of likely N-dealkylation sites (tertiary alicyclic amines) is 1. The van der Waals surface area contributed by atoms with Crippen LogP contribution >= 0.6 is 0 Å². The molecule has 0 bridgehead atoms. The van der Waals surface area contributed by atoms with Gasteiger partial charge in [-0.25, -0.2) is 4.98 Å². The molecule has 6 heteroatoms. The molecule has 1 aliphatic rings. The van der Waals surface area contributed by atoms with Gasteiger partial charge in [-0.05, 0) is 12.5 Å². The van der Waals surface area contributed by atoms with Crippen molar-refractivity contribution in [1.29, 1.82) is 0 Å². The lowest BCUT2D eigenvalue weighted by Gasteiger charge is -2.15. The first-order chi connectivity index (χ1) is 12.7. The average Bonchev–Trinajstić information content (AvgIpc) is 3.34. The number of rotatable bonds is 4. The Morgan fingerprint density at radius 3 is 2.85 bits per heavy atom. The summed E-state index contributed by atoms with van der Waals surface area (Å²) in [4.78, 5) is 18.7. The Labute approximate surface area is 151 Å². The first-order valence-corrected chi connectivity index (χ1v) is 8.60. The first-order valence-electron chi connectivity index (χ1n) is 8.60. The van der Waals surface area contributed by atoms with Gasteiger partial charge in [0.1, 0.15) is 6.10 Å². The summed E-state index contributed by atoms with van der Waals surface area (Å²) in [6.07, 6.45) is 2.48. The van der Waals surface area contributed by atoms with Gasteiger partial charge >= 0.3 is 0 Å². The van der Waals surface area contributed by atoms with E-state index in [1.54, 1.807) is 17.2 Å². The minimum atomic E-state index is -0.140. The van der Waals surface area contributed by atoms with Crippen molar-refractivity contribution in [3.63, 3.8) is 0 Å². The number of aryl methyl sites for hydroxylation is 1. The second-order valence-electron chi connectivity index (χ2n) is 6.40. The van der Waals surface area contributed by atoms with E-state index in [9.17, 15) is 4.79 Å². The number of ether oxygens (including phenoxy) is 1. The smallest absolute Gasteiger partial charge is 0.276 e. The number of nitrogens with zero attached hydrogens (tertiary/aromatic N) is 3. The van der Waals surface area contributed by atoms with Gasteiger partial charge in [0.2, 0.25) is 5.88 Å². The van der Waals surface area contributed by atoms with Crippen LogP contribution in [0.15, 0.2) is 59.3 Å². The standard InChI is InChI=1S/C20H19N3O3/c1-14-7-8-19(21-12-14)25-16-9-10-23(13-16)20(24)17-11-18(26-22-17)15-5-3-2-4-6-15/h2-8,11-12,16H,9-10,13H2,1H3. The van der Waals surface area contributed by atoms with E-state index in [2.05, 4.69) is 10.1 Å². The zero-order valence-corrected chi connectivity index (χ0v) is 14.5. The number of hydrogen-bond donors (Lipinski definition) is 0. The fourth-order valence-electron chi connectivity index (χ4n) is 2.98. The van der Waals surface area contributed by atoms with Gasteiger partial charge in [0.15, 0.2) is 11.5 Å². The molecule has 0 aliphatic carbocycles. The second kappa shape index (κ2) is 7.00. The van der Waals surface area contributed by atoms with Crippen LogP contribution in [0.2, 0.25) is 0 Å². The van der Waals surface area contributed by atoms with E-state index in [1.165, 1.54) is 0 Å². The molecule has 1 aromatic carbocycles. The summed E-state index contributed by atoms with van der Waals surface area (Å²) < 4.78 is 11.2. The Bertz CT molecular complexity index is 890. The third-order valence-corrected chi connectivity index (χ3v) is 4.39. The Balaban J connectivity index is 1.40. The van der Waals surface area contributed by atoms with E-state index < -0.39 is 0 Å². The zero-order valence-electron chi connectivity index (χ0n) is 14.5. The summed E-state index contributed by atoms with van der Waals surface area (Å²) >= 11 is 0. The van der Waals surface area contributed by atoms with Gasteiger partial charge in [-0.15, -0.1) is 0 Å². The van der Waals surface area contributed by atoms with Crippen molar-refractivity contribution >= 4 is 5.91 Å². The minimum Gasteiger partial charge on any atom is -0.472 e. The third-order valence-electron chi connectivity index (χ3n) is 4.39. The molecule has 0 radical (unpaired) electrons. The van der Waals surface area contributed by atoms with Crippen LogP contribution < -0.4 is 4.74 Å². The monoisotopic (exact) mass is 349 g/mol. The quantitative estimate of drug-likeness (QED) is 0.723. The van der Waals surface area contributed by atoms with Crippen molar-refractivity contribution in [3.05, 3.63) is 66.0 Å². The number of benzene rings is 1. The lowest BCUT2D eigenvalue weighted by atomic mass is 10.1. The molecule has 0 N–H and O–H groups in total. The van der Waals surface area contributed by atoms with Gasteiger partial charge in [-0.1, -0.05) is 41.6 Å². The molecular formula is C20H19N3O3. The van der Waals surface area contributed by atoms with Crippen LogP contribution in [0.5, 0.6) is 5.88 Å². The molecule has 0 saturated carbocycles. The van der Waals surface area contributed by atoms with Crippen LogP contribution in [0.3, 0.4) is 0 Å². The highest BCUT2D eigenvalue weighted by Crippen LogP contribution is 2.22. The summed E-state index contributed by atoms with van der Waals surface area (Å²) in [5, 5.41) is 3.94. The molecule has 6 nitrogen and oxygen atoms in total. The van der Waals surface area contributed by atoms with Crippen LogP contribution in [0.25, 0.3) is 11.3 Å². The predicted molar refractivity (Wildman–Crippen MR) is 95.8 cm³/mol. The zero-order chi connectivity index (χ0) is 17.9. The number of carbonyl (C=O) groups is 1. The number of aromatic nitrogens is 2. The van der Waals surface area contributed by atoms with Crippen LogP contribution in [0.1, 0.15) is 22.5 Å². The molecule has 3 heterocycles. The van der Waals surface area contributed by atoms with Crippen LogP contribution in [0, 0.1) is 6.92 Å². The number of hydrogen-bond acceptors (Lipinski definition) is 5. The van der Waals surface area contributed by atoms with Crippen LogP contribution in [-0.4, -0.2) is 40.1 Å². The van der Waals surface area contributed by atoms with Gasteiger partial charge in [0.25, 0.3) is 5.91 Å². The van der Waals surface area contributed by atoms with Crippen molar-refractivity contribution in [2.45, 2.75) is 19.4 Å². The van der Waals surface area contributed by atoms with Gasteiger partial charge in [-0.3, -0.25) is 4.79 Å². The molecule has 4 rings (SSSR count). The first kappa shape index (κ1) is 16.3. The van der Waals surface area contributed by atoms with E-state index in [1.807, 2.05) is 49.4 Å². The molecule has 3 aromatic rings. The van der Waals surface area contributed by atoms with Crippen molar-refractivity contribution < 1.29 is 14.1 Å². The fourth-order valence-corrected chi connectivity index (χ4v) is 2.98. The lowest BCUT2D eigenvalue weighted by Crippen LogP contribution is -2.31. The molecule has 1 fully saturated rings. The number of carbonyl (C=O) groups excluding carboxylic acids is 1. The number of pyridine rings is 1. The van der Waals surface area contributed by atoms with Gasteiger partial charge in [-0.2, -0.15) is 0 Å². The molecule has 1 atom stereocenters. The summed E-state index contributed by atoms with van der Waals surface area (Å²) in [5.41, 5.74) is 2.30. The molecule has 0 spiro atoms. The van der Waals surface area contributed by atoms with E-state index >= 15 is 0 Å². The Kier molecular flexibility index (Phi) is 4.39. The van der Waals surface area contributed by atoms with Crippen molar-refractivity contribution in [2.75, 3.05) is 13.1 Å². The predicted octanol–water partition coefficient (Wildman–Crippen LogP) is 3.34. The Hall–Kier alpha value is -3.15.